The minimum Gasteiger partial charge on any atom is -0.371 e. The Kier molecular flexibility index (Phi) is 3.49. The molecule has 1 aliphatic rings. The van der Waals surface area contributed by atoms with Crippen molar-refractivity contribution in [3.8, 4) is 0 Å². The molecule has 1 aromatic rings. The number of rotatable bonds is 3. The van der Waals surface area contributed by atoms with Crippen molar-refractivity contribution in [2.75, 3.05) is 24.5 Å². The number of para-hydroxylation sites is 1. The van der Waals surface area contributed by atoms with Gasteiger partial charge in [0.1, 0.15) is 0 Å². The zero-order valence-electron chi connectivity index (χ0n) is 10.3. The van der Waals surface area contributed by atoms with Crippen molar-refractivity contribution in [1.82, 2.24) is 0 Å². The molecule has 0 amide bonds. The summed E-state index contributed by atoms with van der Waals surface area (Å²) in [5.74, 6) is 1.27. The Balaban J connectivity index is 2.27. The fourth-order valence-electron chi connectivity index (χ4n) is 2.58. The van der Waals surface area contributed by atoms with Crippen molar-refractivity contribution in [2.45, 2.75) is 26.2 Å². The van der Waals surface area contributed by atoms with Crippen LogP contribution in [0.15, 0.2) is 24.3 Å². The highest BCUT2D eigenvalue weighted by Gasteiger charge is 2.23. The van der Waals surface area contributed by atoms with Crippen LogP contribution in [0.5, 0.6) is 0 Å². The van der Waals surface area contributed by atoms with Crippen molar-refractivity contribution in [2.24, 2.45) is 11.7 Å². The minimum atomic E-state index is 0.555. The third-order valence-corrected chi connectivity index (χ3v) is 3.33. The topological polar surface area (TPSA) is 29.3 Å². The first-order valence-corrected chi connectivity index (χ1v) is 6.26. The molecule has 2 rings (SSSR count). The molecular weight excluding hydrogens is 196 g/mol. The van der Waals surface area contributed by atoms with Crippen LogP contribution in [0, 0.1) is 5.92 Å². The van der Waals surface area contributed by atoms with Gasteiger partial charge in [-0.05, 0) is 36.4 Å². The van der Waals surface area contributed by atoms with Crippen molar-refractivity contribution >= 4 is 5.69 Å². The maximum Gasteiger partial charge on any atom is 0.0402 e. The van der Waals surface area contributed by atoms with E-state index in [0.29, 0.717) is 11.8 Å². The van der Waals surface area contributed by atoms with Gasteiger partial charge >= 0.3 is 0 Å². The molecule has 1 atom stereocenters. The molecular formula is C14H22N2. The monoisotopic (exact) mass is 218 g/mol. The Bertz CT molecular complexity index is 346. The summed E-state index contributed by atoms with van der Waals surface area (Å²) >= 11 is 0. The van der Waals surface area contributed by atoms with Crippen LogP contribution in [0.3, 0.4) is 0 Å². The number of anilines is 1. The van der Waals surface area contributed by atoms with Gasteiger partial charge < -0.3 is 10.6 Å². The van der Waals surface area contributed by atoms with E-state index < -0.39 is 0 Å². The molecule has 2 nitrogen and oxygen atoms in total. The molecule has 2 N–H and O–H groups in total. The van der Waals surface area contributed by atoms with Gasteiger partial charge in [0.2, 0.25) is 0 Å². The Labute approximate surface area is 98.4 Å². The van der Waals surface area contributed by atoms with E-state index >= 15 is 0 Å². The molecule has 0 saturated carbocycles. The van der Waals surface area contributed by atoms with Crippen LogP contribution in [0.2, 0.25) is 0 Å². The first kappa shape index (κ1) is 11.5. The molecule has 0 unspecified atom stereocenters. The van der Waals surface area contributed by atoms with Crippen LogP contribution in [-0.2, 0) is 0 Å². The van der Waals surface area contributed by atoms with E-state index in [0.717, 1.165) is 19.6 Å². The van der Waals surface area contributed by atoms with E-state index in [4.69, 9.17) is 5.73 Å². The lowest BCUT2D eigenvalue weighted by Crippen LogP contribution is -2.35. The first-order chi connectivity index (χ1) is 7.72. The lowest BCUT2D eigenvalue weighted by Gasteiger charge is -2.36. The summed E-state index contributed by atoms with van der Waals surface area (Å²) in [4.78, 5) is 2.51. The van der Waals surface area contributed by atoms with Gasteiger partial charge in [0, 0.05) is 18.8 Å². The quantitative estimate of drug-likeness (QED) is 0.845. The van der Waals surface area contributed by atoms with Gasteiger partial charge in [-0.3, -0.25) is 0 Å². The first-order valence-electron chi connectivity index (χ1n) is 6.26. The Morgan fingerprint density at radius 3 is 2.81 bits per heavy atom. The number of benzene rings is 1. The second kappa shape index (κ2) is 4.88. The molecule has 16 heavy (non-hydrogen) atoms. The fourth-order valence-corrected chi connectivity index (χ4v) is 2.58. The molecule has 2 heteroatoms. The summed E-state index contributed by atoms with van der Waals surface area (Å²) in [6.45, 7) is 7.62. The highest BCUT2D eigenvalue weighted by Crippen LogP contribution is 2.34. The zero-order chi connectivity index (χ0) is 11.5. The van der Waals surface area contributed by atoms with Gasteiger partial charge in [-0.25, -0.2) is 0 Å². The number of hydrogen-bond acceptors (Lipinski definition) is 2. The number of nitrogens with two attached hydrogens (primary N) is 1. The molecule has 0 spiro atoms. The molecule has 0 radical (unpaired) electrons. The summed E-state index contributed by atoms with van der Waals surface area (Å²) in [5, 5.41) is 0. The summed E-state index contributed by atoms with van der Waals surface area (Å²) in [6.07, 6.45) is 1.19. The predicted molar refractivity (Wildman–Crippen MR) is 69.9 cm³/mol. The summed E-state index contributed by atoms with van der Waals surface area (Å²) in [6, 6.07) is 8.73. The van der Waals surface area contributed by atoms with E-state index in [-0.39, 0.29) is 0 Å². The lowest BCUT2D eigenvalue weighted by atomic mass is 9.89. The maximum atomic E-state index is 5.85. The van der Waals surface area contributed by atoms with E-state index in [9.17, 15) is 0 Å². The van der Waals surface area contributed by atoms with Crippen LogP contribution in [0.25, 0.3) is 0 Å². The van der Waals surface area contributed by atoms with Crippen LogP contribution in [0.1, 0.15) is 31.7 Å². The molecule has 1 heterocycles. The second-order valence-electron chi connectivity index (χ2n) is 5.12. The van der Waals surface area contributed by atoms with Gasteiger partial charge in [0.25, 0.3) is 0 Å². The molecule has 0 aromatic heterocycles. The maximum absolute atomic E-state index is 5.85. The number of nitrogens with zero attached hydrogens (tertiary/aromatic N) is 1. The van der Waals surface area contributed by atoms with Gasteiger partial charge in [-0.1, -0.05) is 32.0 Å². The van der Waals surface area contributed by atoms with Crippen molar-refractivity contribution in [3.05, 3.63) is 29.8 Å². The summed E-state index contributed by atoms with van der Waals surface area (Å²) in [5.41, 5.74) is 8.69. The number of hydrogen-bond donors (Lipinski definition) is 1. The summed E-state index contributed by atoms with van der Waals surface area (Å²) in [7, 11) is 0. The third kappa shape index (κ3) is 2.22. The van der Waals surface area contributed by atoms with E-state index in [2.05, 4.69) is 43.0 Å². The number of fused-ring (bicyclic) bond motifs is 1. The molecule has 1 aromatic carbocycles. The van der Waals surface area contributed by atoms with Crippen LogP contribution < -0.4 is 10.6 Å². The van der Waals surface area contributed by atoms with E-state index in [1.54, 1.807) is 0 Å². The molecule has 0 saturated heterocycles. The predicted octanol–water partition coefficient (Wildman–Crippen LogP) is 2.60. The fraction of sp³-hybridized carbons (Fsp3) is 0.571. The van der Waals surface area contributed by atoms with Crippen molar-refractivity contribution < 1.29 is 0 Å². The van der Waals surface area contributed by atoms with Crippen LogP contribution in [-0.4, -0.2) is 19.6 Å². The molecule has 0 aliphatic carbocycles. The zero-order valence-corrected chi connectivity index (χ0v) is 10.3. The largest absolute Gasteiger partial charge is 0.371 e. The highest BCUT2D eigenvalue weighted by molar-refractivity contribution is 5.57. The Morgan fingerprint density at radius 1 is 1.38 bits per heavy atom. The molecule has 0 fully saturated rings. The van der Waals surface area contributed by atoms with Crippen molar-refractivity contribution in [3.63, 3.8) is 0 Å². The van der Waals surface area contributed by atoms with Gasteiger partial charge in [-0.15, -0.1) is 0 Å². The Morgan fingerprint density at radius 2 is 2.12 bits per heavy atom. The molecule has 0 bridgehead atoms. The smallest absolute Gasteiger partial charge is 0.0402 e. The Hall–Kier alpha value is -1.02. The van der Waals surface area contributed by atoms with Crippen molar-refractivity contribution in [1.29, 1.82) is 0 Å². The van der Waals surface area contributed by atoms with Crippen LogP contribution >= 0.6 is 0 Å². The van der Waals surface area contributed by atoms with Gasteiger partial charge in [0.15, 0.2) is 0 Å². The SMILES string of the molecule is CC(C)CN1CC[C@@H](CN)c2ccccc21. The lowest BCUT2D eigenvalue weighted by molar-refractivity contribution is 0.540. The van der Waals surface area contributed by atoms with Gasteiger partial charge in [-0.2, -0.15) is 0 Å². The van der Waals surface area contributed by atoms with E-state index in [1.165, 1.54) is 17.7 Å². The minimum absolute atomic E-state index is 0.555. The average molecular weight is 218 g/mol. The van der Waals surface area contributed by atoms with Gasteiger partial charge in [0.05, 0.1) is 0 Å². The molecule has 88 valence electrons. The van der Waals surface area contributed by atoms with E-state index in [1.807, 2.05) is 0 Å². The summed E-state index contributed by atoms with van der Waals surface area (Å²) < 4.78 is 0. The standard InChI is InChI=1S/C14H22N2/c1-11(2)10-16-8-7-12(9-15)13-5-3-4-6-14(13)16/h3-6,11-12H,7-10,15H2,1-2H3/t12-/m0/s1. The molecule has 1 aliphatic heterocycles. The second-order valence-corrected chi connectivity index (χ2v) is 5.12. The van der Waals surface area contributed by atoms with Crippen LogP contribution in [0.4, 0.5) is 5.69 Å². The normalized spacial score (nSPS) is 20.0. The average Bonchev–Trinajstić information content (AvgIpc) is 2.29. The highest BCUT2D eigenvalue weighted by atomic mass is 15.1. The third-order valence-electron chi connectivity index (χ3n) is 3.33.